The first-order valence-electron chi connectivity index (χ1n) is 6.14. The van der Waals surface area contributed by atoms with Crippen molar-refractivity contribution in [1.82, 2.24) is 10.3 Å². The van der Waals surface area contributed by atoms with E-state index >= 15 is 0 Å². The average molecular weight is 431 g/mol. The second-order valence-corrected chi connectivity index (χ2v) is 4.62. The van der Waals surface area contributed by atoms with Crippen molar-refractivity contribution in [1.29, 1.82) is 0 Å². The molecule has 160 valence electrons. The molecule has 24 nitrogen and oxygen atoms in total. The smallest absolute Gasteiger partial charge is 0.277 e. The van der Waals surface area contributed by atoms with Crippen LogP contribution in [0.1, 0.15) is 0 Å². The minimum absolute atomic E-state index is 0.595. The van der Waals surface area contributed by atoms with Crippen LogP contribution in [0.3, 0.4) is 0 Å². The van der Waals surface area contributed by atoms with Crippen molar-refractivity contribution in [3.8, 4) is 0 Å². The normalized spacial score (nSPS) is 11.0. The van der Waals surface area contributed by atoms with Gasteiger partial charge in [-0.15, -0.1) is 0 Å². The topological polar surface area (TPSA) is 334 Å². The average Bonchev–Trinajstić information content (AvgIpc) is 2.52. The lowest BCUT2D eigenvalue weighted by molar-refractivity contribution is -0.974. The summed E-state index contributed by atoms with van der Waals surface area (Å²) in [5.41, 5.74) is 0.595. The van der Waals surface area contributed by atoms with Gasteiger partial charge in [-0.2, -0.15) is 0 Å². The molecule has 0 aliphatic rings. The minimum Gasteiger partial charge on any atom is -0.277 e. The van der Waals surface area contributed by atoms with E-state index < -0.39 is 70.2 Å². The van der Waals surface area contributed by atoms with Gasteiger partial charge in [0.25, 0.3) is 0 Å². The molecule has 0 fully saturated rings. The van der Waals surface area contributed by atoms with Crippen molar-refractivity contribution in [3.05, 3.63) is 70.8 Å². The van der Waals surface area contributed by atoms with Crippen LogP contribution in [-0.4, -0.2) is 70.2 Å². The summed E-state index contributed by atoms with van der Waals surface area (Å²) in [6, 6.07) is -2.43. The third kappa shape index (κ3) is 4.25. The van der Waals surface area contributed by atoms with Gasteiger partial charge >= 0.3 is 17.6 Å². The van der Waals surface area contributed by atoms with Crippen LogP contribution in [0.25, 0.3) is 0 Å². The van der Waals surface area contributed by atoms with Crippen LogP contribution in [0.4, 0.5) is 4.79 Å². The third-order valence-corrected chi connectivity index (χ3v) is 3.03. The predicted octanol–water partition coefficient (Wildman–Crippen LogP) is -2.84. The second-order valence-electron chi connectivity index (χ2n) is 4.62. The fourth-order valence-electron chi connectivity index (χ4n) is 1.61. The van der Waals surface area contributed by atoms with E-state index in [2.05, 4.69) is 0 Å². The second kappa shape index (κ2) is 8.18. The van der Waals surface area contributed by atoms with Crippen LogP contribution < -0.4 is 5.43 Å². The fourth-order valence-corrected chi connectivity index (χ4v) is 1.61. The summed E-state index contributed by atoms with van der Waals surface area (Å²) in [7, 11) is 0. The number of rotatable bonds is 11. The molecule has 1 N–H and O–H groups in total. The van der Waals surface area contributed by atoms with E-state index in [1.165, 1.54) is 0 Å². The van der Waals surface area contributed by atoms with Gasteiger partial charge in [-0.3, -0.25) is 65.6 Å². The Bertz CT molecular complexity index is 680. The summed E-state index contributed by atoms with van der Waals surface area (Å²) in [6.45, 7) is -5.01. The molecule has 0 unspecified atom stereocenters. The molecule has 0 bridgehead atoms. The van der Waals surface area contributed by atoms with Gasteiger partial charge in [0.2, 0.25) is 13.1 Å². The molecule has 0 aromatic rings. The molecule has 0 saturated heterocycles. The quantitative estimate of drug-likeness (QED) is 0.195. The van der Waals surface area contributed by atoms with Gasteiger partial charge < -0.3 is 0 Å². The molecule has 24 heteroatoms. The van der Waals surface area contributed by atoms with E-state index in [1.54, 1.807) is 0 Å². The van der Waals surface area contributed by atoms with E-state index in [9.17, 15) is 75.6 Å². The standard InChI is InChI=1S/C5H5N9O15/c15-3(6-14(28)29)7(1-4(8(16)17,9(18)19)10(20)21)2-5(11(22)23,12(24)25)13(26)27/h1-2H2,(H,6,15). The Kier molecular flexibility index (Phi) is 6.79. The minimum atomic E-state index is -4.64. The maximum atomic E-state index is 11.7. The molecule has 0 radical (unpaired) electrons. The van der Waals surface area contributed by atoms with Crippen molar-refractivity contribution in [2.45, 2.75) is 11.6 Å². The molecule has 0 aromatic heterocycles. The van der Waals surface area contributed by atoms with Gasteiger partial charge in [0.1, 0.15) is 0 Å². The van der Waals surface area contributed by atoms with Gasteiger partial charge in [-0.1, -0.05) is 5.43 Å². The number of urea groups is 1. The van der Waals surface area contributed by atoms with Crippen LogP contribution in [0.2, 0.25) is 0 Å². The molecular weight excluding hydrogens is 426 g/mol. The monoisotopic (exact) mass is 431 g/mol. The number of hydrogen-bond donors (Lipinski definition) is 1. The van der Waals surface area contributed by atoms with Gasteiger partial charge in [0.05, 0.1) is 0 Å². The van der Waals surface area contributed by atoms with Gasteiger partial charge in [-0.05, 0) is 0 Å². The lowest BCUT2D eigenvalue weighted by atomic mass is 10.2. The van der Waals surface area contributed by atoms with Crippen LogP contribution in [0, 0.1) is 70.8 Å². The lowest BCUT2D eigenvalue weighted by Gasteiger charge is -2.20. The molecule has 29 heavy (non-hydrogen) atoms. The van der Waals surface area contributed by atoms with Crippen molar-refractivity contribution in [2.24, 2.45) is 0 Å². The molecular formula is C5H5N9O15. The van der Waals surface area contributed by atoms with E-state index in [1.807, 2.05) is 0 Å². The van der Waals surface area contributed by atoms with Crippen molar-refractivity contribution in [2.75, 3.05) is 13.1 Å². The molecule has 0 atom stereocenters. The zero-order valence-electron chi connectivity index (χ0n) is 13.1. The summed E-state index contributed by atoms with van der Waals surface area (Å²) < 4.78 is 0. The number of hydrogen-bond acceptors (Lipinski definition) is 15. The van der Waals surface area contributed by atoms with Crippen molar-refractivity contribution in [3.63, 3.8) is 0 Å². The summed E-state index contributed by atoms with van der Waals surface area (Å²) in [5.74, 6) is -9.27. The van der Waals surface area contributed by atoms with Gasteiger partial charge in [0.15, 0.2) is 34.6 Å². The Morgan fingerprint density at radius 3 is 1.03 bits per heavy atom. The predicted molar refractivity (Wildman–Crippen MR) is 74.5 cm³/mol. The number of nitrogens with zero attached hydrogens (tertiary/aromatic N) is 8. The molecule has 2 amide bonds. The van der Waals surface area contributed by atoms with E-state index in [4.69, 9.17) is 0 Å². The fraction of sp³-hybridized carbons (Fsp3) is 0.800. The number of hydrazine groups is 1. The lowest BCUT2D eigenvalue weighted by Crippen LogP contribution is -2.67. The van der Waals surface area contributed by atoms with Crippen molar-refractivity contribution < 1.29 is 39.4 Å². The highest BCUT2D eigenvalue weighted by Gasteiger charge is 2.76. The number of carbonyl (C=O) groups is 1. The van der Waals surface area contributed by atoms with E-state index in [0.717, 1.165) is 0 Å². The number of carbonyl (C=O) groups excluding carboxylic acids is 1. The zero-order valence-corrected chi connectivity index (χ0v) is 13.1. The van der Waals surface area contributed by atoms with Crippen LogP contribution >= 0.6 is 0 Å². The molecule has 0 saturated carbocycles. The first-order valence-corrected chi connectivity index (χ1v) is 6.14. The highest BCUT2D eigenvalue weighted by molar-refractivity contribution is 5.72. The summed E-state index contributed by atoms with van der Waals surface area (Å²) in [6.07, 6.45) is 0. The largest absolute Gasteiger partial charge is 0.717 e. The summed E-state index contributed by atoms with van der Waals surface area (Å²) in [5, 5.41) is 73.8. The summed E-state index contributed by atoms with van der Waals surface area (Å²) in [4.78, 5) is 73.0. The third-order valence-electron chi connectivity index (χ3n) is 3.03. The van der Waals surface area contributed by atoms with Crippen LogP contribution in [0.15, 0.2) is 0 Å². The molecule has 0 heterocycles. The highest BCUT2D eigenvalue weighted by Crippen LogP contribution is 2.20. The number of nitrogens with one attached hydrogen (secondary N) is 1. The molecule has 0 aliphatic carbocycles. The Morgan fingerprint density at radius 2 is 0.862 bits per heavy atom. The van der Waals surface area contributed by atoms with Gasteiger partial charge in [-0.25, -0.2) is 14.9 Å². The first-order chi connectivity index (χ1) is 13.1. The van der Waals surface area contributed by atoms with Crippen LogP contribution in [0.5, 0.6) is 0 Å². The Hall–Kier alpha value is -4.93. The molecule has 0 rings (SSSR count). The van der Waals surface area contributed by atoms with Crippen LogP contribution in [-0.2, 0) is 0 Å². The zero-order chi connectivity index (χ0) is 23.3. The Labute approximate surface area is 152 Å². The van der Waals surface area contributed by atoms with E-state index in [0.29, 0.717) is 5.43 Å². The number of nitro groups is 7. The molecule has 0 spiro atoms. The highest BCUT2D eigenvalue weighted by atomic mass is 16.7. The Balaban J connectivity index is 6.66. The summed E-state index contributed by atoms with van der Waals surface area (Å²) >= 11 is 0. The Morgan fingerprint density at radius 1 is 0.621 bits per heavy atom. The molecule has 0 aromatic carbocycles. The molecule has 0 aliphatic heterocycles. The van der Waals surface area contributed by atoms with E-state index in [-0.39, 0.29) is 0 Å². The number of amides is 2. The first kappa shape index (κ1) is 24.1. The maximum absolute atomic E-state index is 11.7. The van der Waals surface area contributed by atoms with Gasteiger partial charge in [0, 0.05) is 0 Å². The maximum Gasteiger partial charge on any atom is 0.717 e. The van der Waals surface area contributed by atoms with Crippen molar-refractivity contribution >= 4 is 6.03 Å². The SMILES string of the molecule is O=C(N[N+](=O)[O-])N(CC([N+](=O)[O-])([N+](=O)[O-])[N+](=O)[O-])CC([N+](=O)[O-])([N+](=O)[O-])[N+](=O)[O-].